The van der Waals surface area contributed by atoms with Gasteiger partial charge in [-0.05, 0) is 35.7 Å². The van der Waals surface area contributed by atoms with Crippen molar-refractivity contribution in [1.29, 1.82) is 0 Å². The van der Waals surface area contributed by atoms with Crippen LogP contribution in [0.3, 0.4) is 0 Å². The maximum Gasteiger partial charge on any atom is 0.231 e. The average Bonchev–Trinajstić information content (AvgIpc) is 2.53. The first kappa shape index (κ1) is 14.3. The van der Waals surface area contributed by atoms with E-state index in [1.807, 2.05) is 43.3 Å². The van der Waals surface area contributed by atoms with Crippen molar-refractivity contribution in [2.45, 2.75) is 18.9 Å². The zero-order chi connectivity index (χ0) is 15.7. The van der Waals surface area contributed by atoms with Crippen molar-refractivity contribution in [3.05, 3.63) is 54.4 Å². The molecule has 0 unspecified atom stereocenters. The topological polar surface area (TPSA) is 71.6 Å². The monoisotopic (exact) mass is 294 g/mol. The first-order valence-corrected chi connectivity index (χ1v) is 7.12. The molecule has 0 fully saturated rings. The SMILES string of the molecule is CN1C(=O)C[C@@](C)(c2ccc(-c3ccncc3)cc2)N=C1N. The molecule has 2 aromatic rings. The van der Waals surface area contributed by atoms with Crippen molar-refractivity contribution in [3.63, 3.8) is 0 Å². The fourth-order valence-corrected chi connectivity index (χ4v) is 2.64. The van der Waals surface area contributed by atoms with Crippen LogP contribution in [0.4, 0.5) is 0 Å². The van der Waals surface area contributed by atoms with Crippen molar-refractivity contribution in [2.24, 2.45) is 10.7 Å². The highest BCUT2D eigenvalue weighted by molar-refractivity contribution is 5.98. The molecule has 2 heterocycles. The number of aliphatic imine (C=N–C) groups is 1. The standard InChI is InChI=1S/C17H18N4O/c1-17(11-15(22)21(2)16(18)20-17)14-5-3-12(4-6-14)13-7-9-19-10-8-13/h3-10H,11H2,1-2H3,(H2,18,20)/t17-/m0/s1. The normalized spacial score (nSPS) is 21.6. The van der Waals surface area contributed by atoms with E-state index >= 15 is 0 Å². The lowest BCUT2D eigenvalue weighted by Crippen LogP contribution is -2.47. The Bertz CT molecular complexity index is 724. The van der Waals surface area contributed by atoms with Crippen molar-refractivity contribution in [1.82, 2.24) is 9.88 Å². The van der Waals surface area contributed by atoms with E-state index in [9.17, 15) is 4.79 Å². The van der Waals surface area contributed by atoms with E-state index < -0.39 is 5.54 Å². The maximum atomic E-state index is 12.0. The van der Waals surface area contributed by atoms with Gasteiger partial charge in [0.2, 0.25) is 5.91 Å². The smallest absolute Gasteiger partial charge is 0.231 e. The molecule has 5 nitrogen and oxygen atoms in total. The fraction of sp³-hybridized carbons (Fsp3) is 0.235. The van der Waals surface area contributed by atoms with Gasteiger partial charge in [-0.3, -0.25) is 14.7 Å². The van der Waals surface area contributed by atoms with Gasteiger partial charge >= 0.3 is 0 Å². The molecule has 0 radical (unpaired) electrons. The minimum absolute atomic E-state index is 0.0202. The summed E-state index contributed by atoms with van der Waals surface area (Å²) in [5.41, 5.74) is 8.43. The molecule has 2 N–H and O–H groups in total. The van der Waals surface area contributed by atoms with Crippen molar-refractivity contribution in [2.75, 3.05) is 7.05 Å². The molecule has 1 aliphatic rings. The number of amides is 1. The molecule has 0 aliphatic carbocycles. The van der Waals surface area contributed by atoms with Crippen LogP contribution in [0.2, 0.25) is 0 Å². The molecule has 112 valence electrons. The Morgan fingerprint density at radius 1 is 1.09 bits per heavy atom. The predicted molar refractivity (Wildman–Crippen MR) is 86.0 cm³/mol. The lowest BCUT2D eigenvalue weighted by molar-refractivity contribution is -0.128. The van der Waals surface area contributed by atoms with Crippen molar-refractivity contribution < 1.29 is 4.79 Å². The van der Waals surface area contributed by atoms with E-state index in [-0.39, 0.29) is 11.9 Å². The number of nitrogens with two attached hydrogens (primary N) is 1. The summed E-state index contributed by atoms with van der Waals surface area (Å²) in [7, 11) is 1.65. The maximum absolute atomic E-state index is 12.0. The minimum Gasteiger partial charge on any atom is -0.369 e. The van der Waals surface area contributed by atoms with Crippen LogP contribution in [0.5, 0.6) is 0 Å². The number of nitrogens with zero attached hydrogens (tertiary/aromatic N) is 3. The Morgan fingerprint density at radius 2 is 1.68 bits per heavy atom. The number of aromatic nitrogens is 1. The third-order valence-electron chi connectivity index (χ3n) is 4.09. The van der Waals surface area contributed by atoms with Crippen molar-refractivity contribution in [3.8, 4) is 11.1 Å². The number of carbonyl (C=O) groups excluding carboxylic acids is 1. The van der Waals surface area contributed by atoms with Crippen LogP contribution in [-0.4, -0.2) is 28.8 Å². The van der Waals surface area contributed by atoms with Gasteiger partial charge in [0.1, 0.15) is 0 Å². The quantitative estimate of drug-likeness (QED) is 0.922. The third kappa shape index (κ3) is 2.45. The lowest BCUT2D eigenvalue weighted by atomic mass is 9.87. The Morgan fingerprint density at radius 3 is 2.27 bits per heavy atom. The summed E-state index contributed by atoms with van der Waals surface area (Å²) in [6.45, 7) is 1.94. The minimum atomic E-state index is -0.607. The van der Waals surface area contributed by atoms with Gasteiger partial charge in [0.25, 0.3) is 0 Å². The highest BCUT2D eigenvalue weighted by atomic mass is 16.2. The van der Waals surface area contributed by atoms with Gasteiger partial charge < -0.3 is 5.73 Å². The summed E-state index contributed by atoms with van der Waals surface area (Å²) in [5.74, 6) is 0.241. The zero-order valence-electron chi connectivity index (χ0n) is 12.7. The van der Waals surface area contributed by atoms with Gasteiger partial charge in [0, 0.05) is 19.4 Å². The summed E-state index contributed by atoms with van der Waals surface area (Å²) in [6, 6.07) is 12.0. The van der Waals surface area contributed by atoms with Crippen LogP contribution >= 0.6 is 0 Å². The van der Waals surface area contributed by atoms with Gasteiger partial charge in [-0.1, -0.05) is 24.3 Å². The number of carbonyl (C=O) groups is 1. The molecule has 0 saturated heterocycles. The van der Waals surface area contributed by atoms with E-state index in [1.54, 1.807) is 19.4 Å². The number of hydrogen-bond donors (Lipinski definition) is 1. The van der Waals surface area contributed by atoms with E-state index in [1.165, 1.54) is 4.90 Å². The third-order valence-corrected chi connectivity index (χ3v) is 4.09. The molecule has 0 saturated carbocycles. The molecule has 1 atom stereocenters. The highest BCUT2D eigenvalue weighted by Gasteiger charge is 2.35. The molecule has 22 heavy (non-hydrogen) atoms. The second kappa shape index (κ2) is 5.26. The van der Waals surface area contributed by atoms with Crippen LogP contribution in [-0.2, 0) is 10.3 Å². The largest absolute Gasteiger partial charge is 0.369 e. The number of guanidine groups is 1. The Kier molecular flexibility index (Phi) is 3.41. The molecule has 5 heteroatoms. The van der Waals surface area contributed by atoms with Crippen LogP contribution < -0.4 is 5.73 Å². The average molecular weight is 294 g/mol. The number of pyridine rings is 1. The molecule has 1 aromatic heterocycles. The Labute approximate surface area is 129 Å². The zero-order valence-corrected chi connectivity index (χ0v) is 12.7. The van der Waals surface area contributed by atoms with Gasteiger partial charge in [-0.2, -0.15) is 0 Å². The number of rotatable bonds is 2. The predicted octanol–water partition coefficient (Wildman–Crippen LogP) is 2.14. The van der Waals surface area contributed by atoms with Gasteiger partial charge in [0.15, 0.2) is 5.96 Å². The molecular formula is C17H18N4O. The first-order valence-electron chi connectivity index (χ1n) is 7.12. The summed E-state index contributed by atoms with van der Waals surface area (Å²) in [4.78, 5) is 22.0. The van der Waals surface area contributed by atoms with Crippen molar-refractivity contribution >= 4 is 11.9 Å². The molecule has 1 amide bonds. The molecule has 0 spiro atoms. The van der Waals surface area contributed by atoms with E-state index in [0.29, 0.717) is 6.42 Å². The molecule has 1 aliphatic heterocycles. The second-order valence-corrected chi connectivity index (χ2v) is 5.69. The van der Waals surface area contributed by atoms with E-state index in [2.05, 4.69) is 9.98 Å². The van der Waals surface area contributed by atoms with E-state index in [4.69, 9.17) is 5.73 Å². The van der Waals surface area contributed by atoms with E-state index in [0.717, 1.165) is 16.7 Å². The fourth-order valence-electron chi connectivity index (χ4n) is 2.64. The Hall–Kier alpha value is -2.69. The number of hydrogen-bond acceptors (Lipinski definition) is 4. The lowest BCUT2D eigenvalue weighted by Gasteiger charge is -2.33. The van der Waals surface area contributed by atoms with Crippen LogP contribution in [0.25, 0.3) is 11.1 Å². The first-order chi connectivity index (χ1) is 10.5. The summed E-state index contributed by atoms with van der Waals surface area (Å²) in [6.07, 6.45) is 3.86. The number of benzene rings is 1. The van der Waals surface area contributed by atoms with Gasteiger partial charge in [-0.25, -0.2) is 4.99 Å². The van der Waals surface area contributed by atoms with Gasteiger partial charge in [0.05, 0.1) is 12.0 Å². The van der Waals surface area contributed by atoms with Gasteiger partial charge in [-0.15, -0.1) is 0 Å². The Balaban J connectivity index is 1.95. The summed E-state index contributed by atoms with van der Waals surface area (Å²) >= 11 is 0. The van der Waals surface area contributed by atoms with Crippen LogP contribution in [0, 0.1) is 0 Å². The summed E-state index contributed by atoms with van der Waals surface area (Å²) in [5, 5.41) is 0. The molecular weight excluding hydrogens is 276 g/mol. The molecule has 3 rings (SSSR count). The highest BCUT2D eigenvalue weighted by Crippen LogP contribution is 2.33. The summed E-state index contributed by atoms with van der Waals surface area (Å²) < 4.78 is 0. The van der Waals surface area contributed by atoms with Crippen LogP contribution in [0.15, 0.2) is 53.8 Å². The van der Waals surface area contributed by atoms with Crippen LogP contribution in [0.1, 0.15) is 18.9 Å². The molecule has 1 aromatic carbocycles. The molecule has 0 bridgehead atoms. The second-order valence-electron chi connectivity index (χ2n) is 5.69.